The SMILES string of the molecule is CC.CNCCN=Cc1ccc(OCCCOc2ccc(C3=NCCN3)cc2OC)c(OC)c1. The van der Waals surface area contributed by atoms with E-state index >= 15 is 0 Å². The van der Waals surface area contributed by atoms with Crippen molar-refractivity contribution >= 4 is 12.1 Å². The fourth-order valence-corrected chi connectivity index (χ4v) is 3.18. The second-order valence-corrected chi connectivity index (χ2v) is 7.12. The first-order valence-electron chi connectivity index (χ1n) is 11.8. The molecule has 2 aromatic rings. The third kappa shape index (κ3) is 8.26. The number of likely N-dealkylation sites (N-methyl/N-ethyl adjacent to an activating group) is 1. The summed E-state index contributed by atoms with van der Waals surface area (Å²) in [5, 5.41) is 6.33. The van der Waals surface area contributed by atoms with E-state index in [2.05, 4.69) is 20.6 Å². The first-order chi connectivity index (χ1) is 16.7. The van der Waals surface area contributed by atoms with Crippen molar-refractivity contribution in [3.05, 3.63) is 47.5 Å². The summed E-state index contributed by atoms with van der Waals surface area (Å²) in [6, 6.07) is 11.6. The van der Waals surface area contributed by atoms with E-state index in [0.29, 0.717) is 36.2 Å². The second-order valence-electron chi connectivity index (χ2n) is 7.12. The molecule has 1 aliphatic heterocycles. The molecule has 0 amide bonds. The van der Waals surface area contributed by atoms with Crippen molar-refractivity contribution in [2.24, 2.45) is 9.98 Å². The zero-order valence-electron chi connectivity index (χ0n) is 21.0. The van der Waals surface area contributed by atoms with Crippen LogP contribution in [0, 0.1) is 0 Å². The van der Waals surface area contributed by atoms with E-state index in [1.165, 1.54) is 0 Å². The van der Waals surface area contributed by atoms with Crippen molar-refractivity contribution in [2.75, 3.05) is 60.7 Å². The number of rotatable bonds is 13. The highest BCUT2D eigenvalue weighted by Crippen LogP contribution is 2.29. The molecule has 8 heteroatoms. The maximum Gasteiger partial charge on any atom is 0.161 e. The molecule has 186 valence electrons. The van der Waals surface area contributed by atoms with Crippen LogP contribution in [0.25, 0.3) is 0 Å². The summed E-state index contributed by atoms with van der Waals surface area (Å²) >= 11 is 0. The maximum absolute atomic E-state index is 5.90. The molecule has 0 fully saturated rings. The van der Waals surface area contributed by atoms with Crippen LogP contribution in [0.5, 0.6) is 23.0 Å². The molecular weight excluding hydrogens is 432 g/mol. The molecule has 8 nitrogen and oxygen atoms in total. The van der Waals surface area contributed by atoms with E-state index in [9.17, 15) is 0 Å². The van der Waals surface area contributed by atoms with Gasteiger partial charge < -0.3 is 29.6 Å². The summed E-state index contributed by atoms with van der Waals surface area (Å²) in [7, 11) is 5.18. The molecule has 1 aliphatic rings. The Morgan fingerprint density at radius 3 is 2.26 bits per heavy atom. The minimum Gasteiger partial charge on any atom is -0.493 e. The van der Waals surface area contributed by atoms with Crippen molar-refractivity contribution in [3.8, 4) is 23.0 Å². The third-order valence-electron chi connectivity index (χ3n) is 4.83. The number of methoxy groups -OCH3 is 2. The van der Waals surface area contributed by atoms with E-state index in [4.69, 9.17) is 18.9 Å². The number of amidine groups is 1. The van der Waals surface area contributed by atoms with Crippen LogP contribution in [-0.2, 0) is 0 Å². The average Bonchev–Trinajstić information content (AvgIpc) is 3.43. The summed E-state index contributed by atoms with van der Waals surface area (Å²) in [5.41, 5.74) is 1.97. The summed E-state index contributed by atoms with van der Waals surface area (Å²) in [6.45, 7) is 8.26. The molecule has 0 aromatic heterocycles. The van der Waals surface area contributed by atoms with Crippen molar-refractivity contribution in [2.45, 2.75) is 20.3 Å². The van der Waals surface area contributed by atoms with Gasteiger partial charge in [-0.2, -0.15) is 0 Å². The van der Waals surface area contributed by atoms with Crippen molar-refractivity contribution < 1.29 is 18.9 Å². The van der Waals surface area contributed by atoms with Crippen LogP contribution in [0.15, 0.2) is 46.4 Å². The van der Waals surface area contributed by atoms with Crippen LogP contribution < -0.4 is 29.6 Å². The highest BCUT2D eigenvalue weighted by Gasteiger charge is 2.12. The predicted molar refractivity (Wildman–Crippen MR) is 139 cm³/mol. The highest BCUT2D eigenvalue weighted by molar-refractivity contribution is 6.00. The summed E-state index contributed by atoms with van der Waals surface area (Å²) in [4.78, 5) is 8.81. The number of hydrogen-bond donors (Lipinski definition) is 2. The molecule has 0 bridgehead atoms. The first-order valence-corrected chi connectivity index (χ1v) is 11.8. The van der Waals surface area contributed by atoms with E-state index in [-0.39, 0.29) is 0 Å². The zero-order valence-corrected chi connectivity index (χ0v) is 21.0. The third-order valence-corrected chi connectivity index (χ3v) is 4.83. The minimum atomic E-state index is 0.507. The normalized spacial score (nSPS) is 12.4. The molecule has 0 saturated carbocycles. The Labute approximate surface area is 203 Å². The zero-order chi connectivity index (χ0) is 24.6. The lowest BCUT2D eigenvalue weighted by Crippen LogP contribution is -2.19. The van der Waals surface area contributed by atoms with Gasteiger partial charge in [0.2, 0.25) is 0 Å². The molecule has 0 aliphatic carbocycles. The largest absolute Gasteiger partial charge is 0.493 e. The lowest BCUT2D eigenvalue weighted by Gasteiger charge is -2.14. The molecule has 0 unspecified atom stereocenters. The van der Waals surface area contributed by atoms with Crippen LogP contribution in [0.2, 0.25) is 0 Å². The fraction of sp³-hybridized carbons (Fsp3) is 0.462. The average molecular weight is 471 g/mol. The molecule has 0 radical (unpaired) electrons. The lowest BCUT2D eigenvalue weighted by atomic mass is 10.2. The molecule has 34 heavy (non-hydrogen) atoms. The molecule has 0 saturated heterocycles. The molecule has 0 spiro atoms. The second kappa shape index (κ2) is 15.6. The lowest BCUT2D eigenvalue weighted by molar-refractivity contribution is 0.234. The van der Waals surface area contributed by atoms with E-state index in [1.54, 1.807) is 14.2 Å². The Kier molecular flexibility index (Phi) is 12.3. The molecule has 1 heterocycles. The Morgan fingerprint density at radius 1 is 0.971 bits per heavy atom. The summed E-state index contributed by atoms with van der Waals surface area (Å²) < 4.78 is 22.7. The van der Waals surface area contributed by atoms with Crippen molar-refractivity contribution in [3.63, 3.8) is 0 Å². The Bertz CT molecular complexity index is 931. The highest BCUT2D eigenvalue weighted by atomic mass is 16.5. The van der Waals surface area contributed by atoms with Crippen LogP contribution >= 0.6 is 0 Å². The van der Waals surface area contributed by atoms with Gasteiger partial charge in [-0.15, -0.1) is 0 Å². The topological polar surface area (TPSA) is 85.7 Å². The molecule has 2 aromatic carbocycles. The van der Waals surface area contributed by atoms with Crippen LogP contribution in [0.3, 0.4) is 0 Å². The van der Waals surface area contributed by atoms with Gasteiger partial charge >= 0.3 is 0 Å². The van der Waals surface area contributed by atoms with Gasteiger partial charge in [0.05, 0.1) is 40.5 Å². The number of benzene rings is 2. The van der Waals surface area contributed by atoms with Gasteiger partial charge in [0, 0.05) is 31.3 Å². The fourth-order valence-electron chi connectivity index (χ4n) is 3.18. The Morgan fingerprint density at radius 2 is 1.65 bits per heavy atom. The van der Waals surface area contributed by atoms with Gasteiger partial charge in [-0.1, -0.05) is 13.8 Å². The van der Waals surface area contributed by atoms with E-state index < -0.39 is 0 Å². The van der Waals surface area contributed by atoms with Crippen LogP contribution in [-0.4, -0.2) is 72.7 Å². The Balaban J connectivity index is 0.00000199. The van der Waals surface area contributed by atoms with Gasteiger partial charge in [0.25, 0.3) is 0 Å². The van der Waals surface area contributed by atoms with Crippen LogP contribution in [0.4, 0.5) is 0 Å². The van der Waals surface area contributed by atoms with Crippen LogP contribution in [0.1, 0.15) is 31.4 Å². The van der Waals surface area contributed by atoms with Gasteiger partial charge in [-0.3, -0.25) is 9.98 Å². The summed E-state index contributed by atoms with van der Waals surface area (Å²) in [6.07, 6.45) is 2.56. The molecule has 3 rings (SSSR count). The predicted octanol–water partition coefficient (Wildman–Crippen LogP) is 3.57. The monoisotopic (exact) mass is 470 g/mol. The van der Waals surface area contributed by atoms with Gasteiger partial charge in [0.15, 0.2) is 23.0 Å². The van der Waals surface area contributed by atoms with Crippen molar-refractivity contribution in [1.29, 1.82) is 0 Å². The quantitative estimate of drug-likeness (QED) is 0.344. The van der Waals surface area contributed by atoms with Crippen molar-refractivity contribution in [1.82, 2.24) is 10.6 Å². The molecule has 0 atom stereocenters. The van der Waals surface area contributed by atoms with E-state index in [0.717, 1.165) is 49.6 Å². The number of hydrogen-bond acceptors (Lipinski definition) is 8. The summed E-state index contributed by atoms with van der Waals surface area (Å²) in [5.74, 6) is 3.67. The standard InChI is InChI=1S/C24H32N4O4.C2H6/c1-25-9-10-26-17-18-5-7-20(22(15-18)29-2)31-13-4-14-32-21-8-6-19(16-23(21)30-3)24-27-11-12-28-24;1-2/h5-8,15-17,25H,4,9-14H2,1-3H3,(H,27,28);1-2H3. The maximum atomic E-state index is 5.90. The minimum absolute atomic E-state index is 0.507. The number of nitrogens with zero attached hydrogens (tertiary/aromatic N) is 2. The number of ether oxygens (including phenoxy) is 4. The first kappa shape index (κ1) is 27.0. The number of nitrogens with one attached hydrogen (secondary N) is 2. The number of aliphatic imine (C=N–C) groups is 2. The van der Waals surface area contributed by atoms with Gasteiger partial charge in [-0.05, 0) is 49.0 Å². The van der Waals surface area contributed by atoms with E-state index in [1.807, 2.05) is 63.5 Å². The molecule has 2 N–H and O–H groups in total. The Hall–Kier alpha value is -3.26. The van der Waals surface area contributed by atoms with Gasteiger partial charge in [0.1, 0.15) is 5.84 Å². The molecular formula is C26H38N4O4. The smallest absolute Gasteiger partial charge is 0.161 e. The van der Waals surface area contributed by atoms with Gasteiger partial charge in [-0.25, -0.2) is 0 Å².